The van der Waals surface area contributed by atoms with Crippen LogP contribution in [0.25, 0.3) is 11.3 Å². The monoisotopic (exact) mass is 344 g/mol. The van der Waals surface area contributed by atoms with Crippen molar-refractivity contribution >= 4 is 17.6 Å². The number of pyridine rings is 1. The summed E-state index contributed by atoms with van der Waals surface area (Å²) in [6.45, 7) is 0.396. The lowest BCUT2D eigenvalue weighted by Crippen LogP contribution is -2.03. The van der Waals surface area contributed by atoms with Gasteiger partial charge in [-0.25, -0.2) is 14.5 Å². The van der Waals surface area contributed by atoms with Crippen molar-refractivity contribution in [2.75, 3.05) is 7.11 Å². The number of benzene rings is 1. The SMILES string of the molecule is COc1ncccc1Cn1cc(-c2cc(Cl)ccc2C(=O)O)nn1. The number of aromatic carboxylic acids is 1. The molecule has 24 heavy (non-hydrogen) atoms. The Hall–Kier alpha value is -2.93. The highest BCUT2D eigenvalue weighted by atomic mass is 35.5. The van der Waals surface area contributed by atoms with E-state index in [0.29, 0.717) is 28.7 Å². The maximum Gasteiger partial charge on any atom is 0.336 e. The minimum absolute atomic E-state index is 0.116. The maximum absolute atomic E-state index is 11.4. The third-order valence-electron chi connectivity index (χ3n) is 3.40. The van der Waals surface area contributed by atoms with E-state index in [1.165, 1.54) is 12.1 Å². The molecule has 0 atom stereocenters. The molecule has 0 radical (unpaired) electrons. The highest BCUT2D eigenvalue weighted by Crippen LogP contribution is 2.26. The Morgan fingerprint density at radius 1 is 1.38 bits per heavy atom. The quantitative estimate of drug-likeness (QED) is 0.765. The molecular formula is C16H13ClN4O3. The first kappa shape index (κ1) is 15.9. The van der Waals surface area contributed by atoms with Crippen LogP contribution in [0, 0.1) is 0 Å². The third-order valence-corrected chi connectivity index (χ3v) is 3.64. The Bertz CT molecular complexity index is 895. The molecule has 0 aliphatic rings. The van der Waals surface area contributed by atoms with E-state index in [2.05, 4.69) is 15.3 Å². The highest BCUT2D eigenvalue weighted by Gasteiger charge is 2.15. The van der Waals surface area contributed by atoms with Crippen LogP contribution in [-0.2, 0) is 6.54 Å². The van der Waals surface area contributed by atoms with Gasteiger partial charge in [0.2, 0.25) is 5.88 Å². The summed E-state index contributed by atoms with van der Waals surface area (Å²) in [5.41, 5.74) is 1.79. The largest absolute Gasteiger partial charge is 0.481 e. The predicted molar refractivity (Wildman–Crippen MR) is 87.3 cm³/mol. The van der Waals surface area contributed by atoms with E-state index < -0.39 is 5.97 Å². The fraction of sp³-hybridized carbons (Fsp3) is 0.125. The Morgan fingerprint density at radius 3 is 2.96 bits per heavy atom. The van der Waals surface area contributed by atoms with Crippen LogP contribution in [-0.4, -0.2) is 38.2 Å². The number of carboxylic acids is 1. The number of nitrogens with zero attached hydrogens (tertiary/aromatic N) is 4. The lowest BCUT2D eigenvalue weighted by Gasteiger charge is -2.06. The first-order valence-corrected chi connectivity index (χ1v) is 7.37. The molecule has 0 saturated heterocycles. The summed E-state index contributed by atoms with van der Waals surface area (Å²) in [5.74, 6) is -0.548. The highest BCUT2D eigenvalue weighted by molar-refractivity contribution is 6.31. The molecule has 8 heteroatoms. The van der Waals surface area contributed by atoms with Crippen LogP contribution in [0.3, 0.4) is 0 Å². The third kappa shape index (κ3) is 3.21. The standard InChI is InChI=1S/C16H13ClN4O3/c1-24-15-10(3-2-6-18-15)8-21-9-14(19-20-21)13-7-11(17)4-5-12(13)16(22)23/h2-7,9H,8H2,1H3,(H,22,23). The first-order chi connectivity index (χ1) is 11.6. The van der Waals surface area contributed by atoms with Crippen LogP contribution < -0.4 is 4.74 Å². The summed E-state index contributed by atoms with van der Waals surface area (Å²) < 4.78 is 6.79. The Balaban J connectivity index is 1.94. The summed E-state index contributed by atoms with van der Waals surface area (Å²) in [6.07, 6.45) is 3.30. The second-order valence-electron chi connectivity index (χ2n) is 4.97. The summed E-state index contributed by atoms with van der Waals surface area (Å²) in [5, 5.41) is 17.8. The van der Waals surface area contributed by atoms with Crippen molar-refractivity contribution in [2.24, 2.45) is 0 Å². The number of aromatic nitrogens is 4. The van der Waals surface area contributed by atoms with Crippen molar-refractivity contribution < 1.29 is 14.6 Å². The van der Waals surface area contributed by atoms with Gasteiger partial charge in [-0.2, -0.15) is 0 Å². The lowest BCUT2D eigenvalue weighted by atomic mass is 10.1. The summed E-state index contributed by atoms with van der Waals surface area (Å²) in [7, 11) is 1.55. The van der Waals surface area contributed by atoms with Crippen molar-refractivity contribution in [3.63, 3.8) is 0 Å². The predicted octanol–water partition coefficient (Wildman–Crippen LogP) is 2.75. The molecule has 0 spiro atoms. The molecular weight excluding hydrogens is 332 g/mol. The van der Waals surface area contributed by atoms with Crippen molar-refractivity contribution in [1.29, 1.82) is 0 Å². The molecule has 0 saturated carbocycles. The number of carboxylic acid groups (broad SMARTS) is 1. The normalized spacial score (nSPS) is 10.6. The van der Waals surface area contributed by atoms with E-state index in [1.807, 2.05) is 6.07 Å². The fourth-order valence-corrected chi connectivity index (χ4v) is 2.49. The van der Waals surface area contributed by atoms with Gasteiger partial charge in [-0.1, -0.05) is 22.9 Å². The van der Waals surface area contributed by atoms with Crippen molar-refractivity contribution in [2.45, 2.75) is 6.54 Å². The number of methoxy groups -OCH3 is 1. The van der Waals surface area contributed by atoms with E-state index in [9.17, 15) is 9.90 Å². The number of rotatable bonds is 5. The molecule has 0 bridgehead atoms. The zero-order valence-corrected chi connectivity index (χ0v) is 13.4. The molecule has 1 N–H and O–H groups in total. The number of carbonyl (C=O) groups is 1. The molecule has 0 aliphatic carbocycles. The van der Waals surface area contributed by atoms with Crippen LogP contribution in [0.5, 0.6) is 5.88 Å². The molecule has 0 fully saturated rings. The maximum atomic E-state index is 11.4. The summed E-state index contributed by atoms with van der Waals surface area (Å²) >= 11 is 5.97. The molecule has 0 aliphatic heterocycles. The summed E-state index contributed by atoms with van der Waals surface area (Å²) in [4.78, 5) is 15.5. The molecule has 2 aromatic heterocycles. The number of hydrogen-bond acceptors (Lipinski definition) is 5. The van der Waals surface area contributed by atoms with E-state index in [1.54, 1.807) is 36.3 Å². The first-order valence-electron chi connectivity index (χ1n) is 6.99. The van der Waals surface area contributed by atoms with Crippen LogP contribution in [0.15, 0.2) is 42.7 Å². The van der Waals surface area contributed by atoms with E-state index in [0.717, 1.165) is 5.56 Å². The molecule has 3 rings (SSSR count). The minimum atomic E-state index is -1.05. The minimum Gasteiger partial charge on any atom is -0.481 e. The molecule has 1 aromatic carbocycles. The van der Waals surface area contributed by atoms with Gasteiger partial charge >= 0.3 is 5.97 Å². The fourth-order valence-electron chi connectivity index (χ4n) is 2.32. The van der Waals surface area contributed by atoms with Gasteiger partial charge in [0.15, 0.2) is 0 Å². The molecule has 0 amide bonds. The van der Waals surface area contributed by atoms with Gasteiger partial charge in [0, 0.05) is 22.3 Å². The zero-order chi connectivity index (χ0) is 17.1. The molecule has 2 heterocycles. The van der Waals surface area contributed by atoms with E-state index >= 15 is 0 Å². The van der Waals surface area contributed by atoms with Crippen molar-refractivity contribution in [3.8, 4) is 17.1 Å². The smallest absolute Gasteiger partial charge is 0.336 e. The lowest BCUT2D eigenvalue weighted by molar-refractivity contribution is 0.0697. The average Bonchev–Trinajstić information content (AvgIpc) is 3.03. The average molecular weight is 345 g/mol. The Kier molecular flexibility index (Phi) is 4.43. The van der Waals surface area contributed by atoms with Crippen LogP contribution in [0.4, 0.5) is 0 Å². The van der Waals surface area contributed by atoms with Gasteiger partial charge in [0.1, 0.15) is 5.69 Å². The topological polar surface area (TPSA) is 90.1 Å². The summed E-state index contributed by atoms with van der Waals surface area (Å²) in [6, 6.07) is 8.21. The van der Waals surface area contributed by atoms with Crippen LogP contribution >= 0.6 is 11.6 Å². The Morgan fingerprint density at radius 2 is 2.21 bits per heavy atom. The number of halogens is 1. The molecule has 0 unspecified atom stereocenters. The van der Waals surface area contributed by atoms with E-state index in [4.69, 9.17) is 16.3 Å². The van der Waals surface area contributed by atoms with Crippen LogP contribution in [0.1, 0.15) is 15.9 Å². The van der Waals surface area contributed by atoms with Crippen LogP contribution in [0.2, 0.25) is 5.02 Å². The van der Waals surface area contributed by atoms with Gasteiger partial charge in [-0.15, -0.1) is 5.10 Å². The van der Waals surface area contributed by atoms with Gasteiger partial charge in [0.05, 0.1) is 25.4 Å². The number of ether oxygens (including phenoxy) is 1. The van der Waals surface area contributed by atoms with Gasteiger partial charge in [-0.3, -0.25) is 0 Å². The molecule has 122 valence electrons. The van der Waals surface area contributed by atoms with Gasteiger partial charge < -0.3 is 9.84 Å². The number of hydrogen-bond donors (Lipinski definition) is 1. The second-order valence-corrected chi connectivity index (χ2v) is 5.40. The molecule has 7 nitrogen and oxygen atoms in total. The zero-order valence-electron chi connectivity index (χ0n) is 12.7. The van der Waals surface area contributed by atoms with E-state index in [-0.39, 0.29) is 5.56 Å². The molecule has 3 aromatic rings. The van der Waals surface area contributed by atoms with Crippen molar-refractivity contribution in [3.05, 3.63) is 58.9 Å². The van der Waals surface area contributed by atoms with Crippen molar-refractivity contribution in [1.82, 2.24) is 20.0 Å². The second kappa shape index (κ2) is 6.67. The van der Waals surface area contributed by atoms with Gasteiger partial charge in [0.25, 0.3) is 0 Å². The van der Waals surface area contributed by atoms with Gasteiger partial charge in [-0.05, 0) is 24.3 Å². The Labute approximate surface area is 142 Å².